The van der Waals surface area contributed by atoms with Crippen molar-refractivity contribution >= 4 is 29.3 Å². The number of amides is 2. The maximum atomic E-state index is 13.2. The molecule has 3 rings (SSSR count). The van der Waals surface area contributed by atoms with Crippen LogP contribution in [0.15, 0.2) is 48.5 Å². The van der Waals surface area contributed by atoms with Crippen molar-refractivity contribution in [3.63, 3.8) is 0 Å². The fourth-order valence-corrected chi connectivity index (χ4v) is 3.09. The molecule has 0 aliphatic carbocycles. The Morgan fingerprint density at radius 2 is 1.59 bits per heavy atom. The minimum Gasteiger partial charge on any atom is -0.444 e. The van der Waals surface area contributed by atoms with Crippen LogP contribution in [0.3, 0.4) is 0 Å². The van der Waals surface area contributed by atoms with Crippen LogP contribution < -0.4 is 5.32 Å². The number of carbonyl (C=O) groups excluding carboxylic acids is 2. The molecular formula is C21H21ClF2N2O3. The molecule has 1 heterocycles. The monoisotopic (exact) mass is 422 g/mol. The Morgan fingerprint density at radius 1 is 1.00 bits per heavy atom. The number of hydrogen-bond acceptors (Lipinski definition) is 3. The summed E-state index contributed by atoms with van der Waals surface area (Å²) in [5.74, 6) is -2.85. The van der Waals surface area contributed by atoms with Crippen LogP contribution in [0.25, 0.3) is 0 Å². The molecule has 1 N–H and O–H groups in total. The van der Waals surface area contributed by atoms with Crippen molar-refractivity contribution in [2.24, 2.45) is 0 Å². The zero-order chi connectivity index (χ0) is 20.9. The van der Waals surface area contributed by atoms with Gasteiger partial charge in [-0.05, 0) is 35.4 Å². The summed E-state index contributed by atoms with van der Waals surface area (Å²) in [6.45, 7) is 0.264. The summed E-state index contributed by atoms with van der Waals surface area (Å²) in [4.78, 5) is 25.6. The van der Waals surface area contributed by atoms with Crippen LogP contribution >= 0.6 is 11.6 Å². The number of likely N-dealkylation sites (tertiary alicyclic amines) is 1. The molecule has 5 nitrogen and oxygen atoms in total. The summed E-state index contributed by atoms with van der Waals surface area (Å²) in [6.07, 6.45) is -1.05. The SMILES string of the molecule is O=C(Nc1ccc(CC(=O)N2CCC(F)(F)CC2)cc1)OCc1ccc(Cl)cc1. The highest BCUT2D eigenvalue weighted by atomic mass is 35.5. The van der Waals surface area contributed by atoms with Gasteiger partial charge in [-0.3, -0.25) is 10.1 Å². The second kappa shape index (κ2) is 9.22. The molecule has 1 saturated heterocycles. The molecule has 0 unspecified atom stereocenters. The number of halogens is 3. The highest BCUT2D eigenvalue weighted by Crippen LogP contribution is 2.28. The number of nitrogens with zero attached hydrogens (tertiary/aromatic N) is 1. The van der Waals surface area contributed by atoms with Gasteiger partial charge in [-0.15, -0.1) is 0 Å². The number of hydrogen-bond donors (Lipinski definition) is 1. The van der Waals surface area contributed by atoms with Gasteiger partial charge in [0.05, 0.1) is 6.42 Å². The number of benzene rings is 2. The van der Waals surface area contributed by atoms with Crippen LogP contribution in [0.2, 0.25) is 5.02 Å². The first-order chi connectivity index (χ1) is 13.8. The molecule has 1 aliphatic heterocycles. The topological polar surface area (TPSA) is 58.6 Å². The third-order valence-electron chi connectivity index (χ3n) is 4.69. The van der Waals surface area contributed by atoms with E-state index in [-0.39, 0.29) is 44.9 Å². The largest absolute Gasteiger partial charge is 0.444 e. The predicted octanol–water partition coefficient (Wildman–Crippen LogP) is 4.89. The van der Waals surface area contributed by atoms with Crippen LogP contribution in [0.5, 0.6) is 0 Å². The van der Waals surface area contributed by atoms with Gasteiger partial charge >= 0.3 is 6.09 Å². The zero-order valence-electron chi connectivity index (χ0n) is 15.7. The van der Waals surface area contributed by atoms with Gasteiger partial charge in [0, 0.05) is 36.6 Å². The van der Waals surface area contributed by atoms with Crippen molar-refractivity contribution in [3.05, 3.63) is 64.7 Å². The first kappa shape index (κ1) is 21.0. The Hall–Kier alpha value is -2.67. The molecule has 1 aliphatic rings. The summed E-state index contributed by atoms with van der Waals surface area (Å²) in [5, 5.41) is 3.22. The van der Waals surface area contributed by atoms with Crippen molar-refractivity contribution in [2.75, 3.05) is 18.4 Å². The van der Waals surface area contributed by atoms with Crippen molar-refractivity contribution in [1.29, 1.82) is 0 Å². The molecule has 0 aromatic heterocycles. The lowest BCUT2D eigenvalue weighted by molar-refractivity contribution is -0.136. The van der Waals surface area contributed by atoms with Gasteiger partial charge in [-0.2, -0.15) is 0 Å². The molecule has 0 saturated carbocycles. The molecule has 0 bridgehead atoms. The summed E-state index contributed by atoms with van der Waals surface area (Å²) < 4.78 is 31.5. The molecule has 2 aromatic rings. The number of nitrogens with one attached hydrogen (secondary N) is 1. The summed E-state index contributed by atoms with van der Waals surface area (Å²) in [6, 6.07) is 13.7. The van der Waals surface area contributed by atoms with E-state index in [9.17, 15) is 18.4 Å². The molecule has 0 spiro atoms. The van der Waals surface area contributed by atoms with Crippen molar-refractivity contribution in [1.82, 2.24) is 4.90 Å². The highest BCUT2D eigenvalue weighted by molar-refractivity contribution is 6.30. The lowest BCUT2D eigenvalue weighted by atomic mass is 10.1. The summed E-state index contributed by atoms with van der Waals surface area (Å²) in [5.41, 5.74) is 2.08. The predicted molar refractivity (Wildman–Crippen MR) is 106 cm³/mol. The van der Waals surface area contributed by atoms with Gasteiger partial charge in [0.15, 0.2) is 0 Å². The van der Waals surface area contributed by atoms with Crippen LogP contribution in [0, 0.1) is 0 Å². The fourth-order valence-electron chi connectivity index (χ4n) is 2.96. The smallest absolute Gasteiger partial charge is 0.411 e. The quantitative estimate of drug-likeness (QED) is 0.746. The number of anilines is 1. The zero-order valence-corrected chi connectivity index (χ0v) is 16.4. The number of ether oxygens (including phenoxy) is 1. The Labute approximate surface area is 172 Å². The molecule has 2 aromatic carbocycles. The normalized spacial score (nSPS) is 15.6. The second-order valence-electron chi connectivity index (χ2n) is 6.94. The van der Waals surface area contributed by atoms with E-state index in [0.29, 0.717) is 10.7 Å². The van der Waals surface area contributed by atoms with Crippen LogP contribution in [-0.2, 0) is 22.6 Å². The lowest BCUT2D eigenvalue weighted by Gasteiger charge is -2.31. The average Bonchev–Trinajstić information content (AvgIpc) is 2.69. The van der Waals surface area contributed by atoms with E-state index in [1.54, 1.807) is 48.5 Å². The van der Waals surface area contributed by atoms with Crippen LogP contribution in [0.4, 0.5) is 19.3 Å². The van der Waals surface area contributed by atoms with E-state index < -0.39 is 12.0 Å². The lowest BCUT2D eigenvalue weighted by Crippen LogP contribution is -2.43. The fraction of sp³-hybridized carbons (Fsp3) is 0.333. The van der Waals surface area contributed by atoms with Crippen molar-refractivity contribution < 1.29 is 23.1 Å². The Morgan fingerprint density at radius 3 is 2.21 bits per heavy atom. The van der Waals surface area contributed by atoms with Crippen LogP contribution in [0.1, 0.15) is 24.0 Å². The van der Waals surface area contributed by atoms with E-state index in [1.165, 1.54) is 4.90 Å². The van der Waals surface area contributed by atoms with E-state index in [0.717, 1.165) is 11.1 Å². The third-order valence-corrected chi connectivity index (χ3v) is 4.94. The number of carbonyl (C=O) groups is 2. The molecule has 154 valence electrons. The molecule has 2 amide bonds. The highest BCUT2D eigenvalue weighted by Gasteiger charge is 2.35. The van der Waals surface area contributed by atoms with Gasteiger partial charge < -0.3 is 9.64 Å². The Bertz CT molecular complexity index is 847. The molecule has 0 radical (unpaired) electrons. The van der Waals surface area contributed by atoms with E-state index in [1.807, 2.05) is 0 Å². The standard InChI is InChI=1S/C21H21ClF2N2O3/c22-17-5-1-16(2-6-17)14-29-20(28)25-18-7-3-15(4-8-18)13-19(27)26-11-9-21(23,24)10-12-26/h1-8H,9-14H2,(H,25,28). The average molecular weight is 423 g/mol. The Kier molecular flexibility index (Phi) is 6.69. The van der Waals surface area contributed by atoms with Gasteiger partial charge in [-0.25, -0.2) is 13.6 Å². The van der Waals surface area contributed by atoms with Gasteiger partial charge in [0.1, 0.15) is 6.61 Å². The van der Waals surface area contributed by atoms with E-state index in [2.05, 4.69) is 5.32 Å². The molecule has 0 atom stereocenters. The van der Waals surface area contributed by atoms with Gasteiger partial charge in [0.2, 0.25) is 5.91 Å². The van der Waals surface area contributed by atoms with Crippen molar-refractivity contribution in [3.8, 4) is 0 Å². The second-order valence-corrected chi connectivity index (χ2v) is 7.37. The minimum atomic E-state index is -2.67. The number of alkyl halides is 2. The molecule has 29 heavy (non-hydrogen) atoms. The Balaban J connectivity index is 1.45. The first-order valence-corrected chi connectivity index (χ1v) is 9.61. The van der Waals surface area contributed by atoms with Gasteiger partial charge in [0.25, 0.3) is 5.92 Å². The maximum Gasteiger partial charge on any atom is 0.411 e. The summed E-state index contributed by atoms with van der Waals surface area (Å²) >= 11 is 5.81. The molecular weight excluding hydrogens is 402 g/mol. The van der Waals surface area contributed by atoms with Gasteiger partial charge in [-0.1, -0.05) is 35.9 Å². The number of rotatable bonds is 5. The first-order valence-electron chi connectivity index (χ1n) is 9.23. The maximum absolute atomic E-state index is 13.2. The van der Waals surface area contributed by atoms with Crippen molar-refractivity contribution in [2.45, 2.75) is 31.8 Å². The number of piperidine rings is 1. The third kappa shape index (κ3) is 6.42. The van der Waals surface area contributed by atoms with E-state index in [4.69, 9.17) is 16.3 Å². The summed E-state index contributed by atoms with van der Waals surface area (Å²) in [7, 11) is 0. The molecule has 8 heteroatoms. The minimum absolute atomic E-state index is 0.0743. The molecule has 1 fully saturated rings. The van der Waals surface area contributed by atoms with E-state index >= 15 is 0 Å². The van der Waals surface area contributed by atoms with Crippen LogP contribution in [-0.4, -0.2) is 35.9 Å².